The van der Waals surface area contributed by atoms with E-state index in [-0.39, 0.29) is 11.2 Å². The number of fused-ring (bicyclic) bond motifs is 2. The van der Waals surface area contributed by atoms with Crippen LogP contribution in [0.5, 0.6) is 0 Å². The average Bonchev–Trinajstić information content (AvgIpc) is 3.18. The van der Waals surface area contributed by atoms with Crippen LogP contribution in [0.15, 0.2) is 88.5 Å². The van der Waals surface area contributed by atoms with Crippen LogP contribution in [-0.4, -0.2) is 20.3 Å². The van der Waals surface area contributed by atoms with Gasteiger partial charge in [-0.2, -0.15) is 0 Å². The zero-order valence-electron chi connectivity index (χ0n) is 15.1. The van der Waals surface area contributed by atoms with Crippen molar-refractivity contribution in [3.8, 4) is 11.3 Å². The predicted molar refractivity (Wildman–Crippen MR) is 109 cm³/mol. The highest BCUT2D eigenvalue weighted by atomic mass is 16.3. The van der Waals surface area contributed by atoms with Crippen molar-refractivity contribution >= 4 is 28.3 Å². The van der Waals surface area contributed by atoms with Crippen molar-refractivity contribution in [3.05, 3.63) is 95.2 Å². The largest absolute Gasteiger partial charge is 0.451 e. The van der Waals surface area contributed by atoms with Crippen molar-refractivity contribution in [3.63, 3.8) is 0 Å². The van der Waals surface area contributed by atoms with Gasteiger partial charge in [-0.3, -0.25) is 14.0 Å². The monoisotopic (exact) mass is 382 g/mol. The molecule has 29 heavy (non-hydrogen) atoms. The fraction of sp³-hybridized carbons (Fsp3) is 0. The maximum Gasteiger partial charge on any atom is 0.291 e. The van der Waals surface area contributed by atoms with Crippen molar-refractivity contribution in [1.29, 1.82) is 0 Å². The van der Waals surface area contributed by atoms with E-state index in [1.807, 2.05) is 35.0 Å². The van der Waals surface area contributed by atoms with Crippen LogP contribution in [0, 0.1) is 0 Å². The molecule has 0 aliphatic rings. The normalized spacial score (nSPS) is 11.0. The molecule has 2 aromatic carbocycles. The Labute approximate surface area is 164 Å². The molecule has 0 radical (unpaired) electrons. The molecule has 140 valence electrons. The smallest absolute Gasteiger partial charge is 0.291 e. The minimum atomic E-state index is -0.498. The fourth-order valence-electron chi connectivity index (χ4n) is 3.13. The Morgan fingerprint density at radius 2 is 1.93 bits per heavy atom. The number of hydrogen-bond donors (Lipinski definition) is 1. The first-order chi connectivity index (χ1) is 14.2. The summed E-state index contributed by atoms with van der Waals surface area (Å²) in [4.78, 5) is 33.5. The maximum absolute atomic E-state index is 12.6. The van der Waals surface area contributed by atoms with Gasteiger partial charge in [-0.1, -0.05) is 24.3 Å². The Balaban J connectivity index is 1.46. The third-order valence-corrected chi connectivity index (χ3v) is 4.51. The molecule has 0 saturated heterocycles. The Morgan fingerprint density at radius 1 is 1.03 bits per heavy atom. The van der Waals surface area contributed by atoms with Crippen LogP contribution in [0.3, 0.4) is 0 Å². The summed E-state index contributed by atoms with van der Waals surface area (Å²) in [5, 5.41) is 3.21. The Bertz CT molecular complexity index is 1400. The highest BCUT2D eigenvalue weighted by Gasteiger charge is 2.13. The minimum absolute atomic E-state index is 0.0453. The summed E-state index contributed by atoms with van der Waals surface area (Å²) in [6.07, 6.45) is 5.41. The quantitative estimate of drug-likeness (QED) is 0.513. The summed E-state index contributed by atoms with van der Waals surface area (Å²) < 4.78 is 7.42. The number of carbonyl (C=O) groups is 1. The summed E-state index contributed by atoms with van der Waals surface area (Å²) >= 11 is 0. The number of nitrogens with zero attached hydrogens (tertiary/aromatic N) is 3. The van der Waals surface area contributed by atoms with Crippen molar-refractivity contribution in [2.24, 2.45) is 0 Å². The lowest BCUT2D eigenvalue weighted by Crippen LogP contribution is -2.15. The van der Waals surface area contributed by atoms with Gasteiger partial charge in [-0.25, -0.2) is 9.97 Å². The van der Waals surface area contributed by atoms with E-state index in [1.165, 1.54) is 6.07 Å². The molecule has 1 amide bonds. The fourth-order valence-corrected chi connectivity index (χ4v) is 3.13. The summed E-state index contributed by atoms with van der Waals surface area (Å²) in [5.41, 5.74) is 2.23. The maximum atomic E-state index is 12.6. The molecular formula is C22H14N4O3. The van der Waals surface area contributed by atoms with Gasteiger partial charge in [0.1, 0.15) is 5.58 Å². The molecule has 3 aromatic heterocycles. The molecule has 0 bridgehead atoms. The van der Waals surface area contributed by atoms with Gasteiger partial charge in [0, 0.05) is 35.9 Å². The predicted octanol–water partition coefficient (Wildman–Crippen LogP) is 3.76. The molecule has 0 fully saturated rings. The van der Waals surface area contributed by atoms with Crippen LogP contribution in [-0.2, 0) is 0 Å². The van der Waals surface area contributed by atoms with Crippen molar-refractivity contribution in [1.82, 2.24) is 14.4 Å². The summed E-state index contributed by atoms with van der Waals surface area (Å²) in [7, 11) is 0. The molecule has 0 spiro atoms. The highest BCUT2D eigenvalue weighted by Crippen LogP contribution is 2.22. The SMILES string of the molecule is O=C(Nc1cccc(-c2cn3cccnc3n2)c1)c1cc(=O)c2ccccc2o1. The number of imidazole rings is 1. The van der Waals surface area contributed by atoms with E-state index in [0.29, 0.717) is 22.4 Å². The number of aromatic nitrogens is 3. The molecule has 5 aromatic rings. The van der Waals surface area contributed by atoms with Gasteiger partial charge in [-0.05, 0) is 30.3 Å². The van der Waals surface area contributed by atoms with Crippen LogP contribution < -0.4 is 10.7 Å². The van der Waals surface area contributed by atoms with E-state index in [4.69, 9.17) is 4.42 Å². The number of nitrogens with one attached hydrogen (secondary N) is 1. The van der Waals surface area contributed by atoms with Crippen molar-refractivity contribution in [2.75, 3.05) is 5.32 Å². The number of amides is 1. The van der Waals surface area contributed by atoms with Gasteiger partial charge >= 0.3 is 0 Å². The van der Waals surface area contributed by atoms with E-state index in [9.17, 15) is 9.59 Å². The van der Waals surface area contributed by atoms with E-state index >= 15 is 0 Å². The number of benzene rings is 2. The Morgan fingerprint density at radius 3 is 2.83 bits per heavy atom. The molecule has 7 heteroatoms. The average molecular weight is 382 g/mol. The number of anilines is 1. The summed E-state index contributed by atoms with van der Waals surface area (Å²) in [6, 6.07) is 17.1. The van der Waals surface area contributed by atoms with Gasteiger partial charge in [0.05, 0.1) is 11.1 Å². The van der Waals surface area contributed by atoms with Gasteiger partial charge in [0.2, 0.25) is 5.78 Å². The molecule has 0 aliphatic carbocycles. The lowest BCUT2D eigenvalue weighted by Gasteiger charge is -2.07. The van der Waals surface area contributed by atoms with Gasteiger partial charge < -0.3 is 9.73 Å². The summed E-state index contributed by atoms with van der Waals surface area (Å²) in [6.45, 7) is 0. The molecule has 5 rings (SSSR count). The lowest BCUT2D eigenvalue weighted by molar-refractivity contribution is 0.0997. The second-order valence-corrected chi connectivity index (χ2v) is 6.46. The Hall–Kier alpha value is -4.26. The zero-order chi connectivity index (χ0) is 19.8. The second-order valence-electron chi connectivity index (χ2n) is 6.46. The van der Waals surface area contributed by atoms with Crippen molar-refractivity contribution < 1.29 is 9.21 Å². The first kappa shape index (κ1) is 16.9. The van der Waals surface area contributed by atoms with Gasteiger partial charge in [0.25, 0.3) is 5.91 Å². The van der Waals surface area contributed by atoms with Gasteiger partial charge in [0.15, 0.2) is 11.2 Å². The van der Waals surface area contributed by atoms with E-state index in [2.05, 4.69) is 15.3 Å². The molecule has 1 N–H and O–H groups in total. The molecule has 0 saturated carbocycles. The summed E-state index contributed by atoms with van der Waals surface area (Å²) in [5.74, 6) is 0.0487. The first-order valence-corrected chi connectivity index (χ1v) is 8.92. The number of carbonyl (C=O) groups excluding carboxylic acids is 1. The van der Waals surface area contributed by atoms with E-state index < -0.39 is 5.91 Å². The number of rotatable bonds is 3. The second kappa shape index (κ2) is 6.72. The molecular weight excluding hydrogens is 368 g/mol. The Kier molecular flexibility index (Phi) is 3.91. The minimum Gasteiger partial charge on any atom is -0.451 e. The third kappa shape index (κ3) is 3.14. The van der Waals surface area contributed by atoms with Crippen LogP contribution in [0.2, 0.25) is 0 Å². The number of hydrogen-bond acceptors (Lipinski definition) is 5. The zero-order valence-corrected chi connectivity index (χ0v) is 15.1. The van der Waals surface area contributed by atoms with Crippen LogP contribution >= 0.6 is 0 Å². The molecule has 3 heterocycles. The molecule has 0 unspecified atom stereocenters. The van der Waals surface area contributed by atoms with Crippen LogP contribution in [0.1, 0.15) is 10.6 Å². The molecule has 0 aliphatic heterocycles. The van der Waals surface area contributed by atoms with Crippen molar-refractivity contribution in [2.45, 2.75) is 0 Å². The standard InChI is InChI=1S/C22H14N4O3/c27-18-12-20(29-19-8-2-1-7-16(18)19)21(28)24-15-6-3-5-14(11-15)17-13-26-10-4-9-23-22(26)25-17/h1-13H,(H,24,28). The van der Waals surface area contributed by atoms with E-state index in [0.717, 1.165) is 11.3 Å². The lowest BCUT2D eigenvalue weighted by atomic mass is 10.1. The van der Waals surface area contributed by atoms with Crippen LogP contribution in [0.4, 0.5) is 5.69 Å². The first-order valence-electron chi connectivity index (χ1n) is 8.92. The molecule has 7 nitrogen and oxygen atoms in total. The topological polar surface area (TPSA) is 89.5 Å². The number of para-hydroxylation sites is 1. The third-order valence-electron chi connectivity index (χ3n) is 4.51. The van der Waals surface area contributed by atoms with Crippen LogP contribution in [0.25, 0.3) is 28.0 Å². The molecule has 0 atom stereocenters. The van der Waals surface area contributed by atoms with E-state index in [1.54, 1.807) is 42.6 Å². The van der Waals surface area contributed by atoms with Gasteiger partial charge in [-0.15, -0.1) is 0 Å². The highest BCUT2D eigenvalue weighted by molar-refractivity contribution is 6.03.